The van der Waals surface area contributed by atoms with E-state index in [0.29, 0.717) is 5.91 Å². The molecule has 26 heavy (non-hydrogen) atoms. The van der Waals surface area contributed by atoms with Crippen LogP contribution in [0.15, 0.2) is 24.3 Å². The van der Waals surface area contributed by atoms with Crippen LogP contribution in [0.5, 0.6) is 0 Å². The summed E-state index contributed by atoms with van der Waals surface area (Å²) < 4.78 is 4.99. The van der Waals surface area contributed by atoms with Gasteiger partial charge in [0.1, 0.15) is 6.61 Å². The molecule has 0 radical (unpaired) electrons. The van der Waals surface area contributed by atoms with Gasteiger partial charge in [0.05, 0.1) is 5.92 Å². The monoisotopic (exact) mass is 356 g/mol. The first kappa shape index (κ1) is 17.5. The standard InChI is InChI=1S/C21H28N2O3/c1-26-15-19(24)22-12-8-21(9-13-22)14-17(16-6-2-3-7-18(16)21)20(25)23-10-4-5-11-23/h2-3,6-7,17H,4-5,8-15H2,1H3. The number of carbonyl (C=O) groups is 2. The molecule has 140 valence electrons. The van der Waals surface area contributed by atoms with Crippen molar-refractivity contribution in [3.05, 3.63) is 35.4 Å². The summed E-state index contributed by atoms with van der Waals surface area (Å²) in [5.74, 6) is 0.369. The molecule has 0 N–H and O–H groups in total. The van der Waals surface area contributed by atoms with Gasteiger partial charge in [-0.15, -0.1) is 0 Å². The van der Waals surface area contributed by atoms with E-state index in [1.807, 2.05) is 4.90 Å². The normalized spacial score (nSPS) is 24.1. The number of carbonyl (C=O) groups excluding carboxylic acids is 2. The fourth-order valence-corrected chi connectivity index (χ4v) is 5.15. The molecule has 0 aromatic heterocycles. The van der Waals surface area contributed by atoms with E-state index in [2.05, 4.69) is 29.2 Å². The van der Waals surface area contributed by atoms with Gasteiger partial charge in [0.15, 0.2) is 0 Å². The highest BCUT2D eigenvalue weighted by molar-refractivity contribution is 5.86. The molecule has 4 rings (SSSR count). The third kappa shape index (κ3) is 2.92. The van der Waals surface area contributed by atoms with E-state index >= 15 is 0 Å². The van der Waals surface area contributed by atoms with Crippen molar-refractivity contribution < 1.29 is 14.3 Å². The maximum atomic E-state index is 13.1. The van der Waals surface area contributed by atoms with Crippen LogP contribution in [-0.4, -0.2) is 61.5 Å². The number of piperidine rings is 1. The van der Waals surface area contributed by atoms with Crippen LogP contribution in [-0.2, 0) is 19.7 Å². The van der Waals surface area contributed by atoms with Crippen LogP contribution < -0.4 is 0 Å². The molecule has 2 fully saturated rings. The summed E-state index contributed by atoms with van der Waals surface area (Å²) in [5.41, 5.74) is 2.61. The number of hydrogen-bond acceptors (Lipinski definition) is 3. The molecule has 0 saturated carbocycles. The average molecular weight is 356 g/mol. The second kappa shape index (κ2) is 7.03. The molecule has 5 nitrogen and oxygen atoms in total. The largest absolute Gasteiger partial charge is 0.375 e. The molecular weight excluding hydrogens is 328 g/mol. The number of hydrogen-bond donors (Lipinski definition) is 0. The lowest BCUT2D eigenvalue weighted by molar-refractivity contribution is -0.137. The van der Waals surface area contributed by atoms with Crippen molar-refractivity contribution in [2.24, 2.45) is 0 Å². The van der Waals surface area contributed by atoms with E-state index in [9.17, 15) is 9.59 Å². The summed E-state index contributed by atoms with van der Waals surface area (Å²) in [4.78, 5) is 29.2. The van der Waals surface area contributed by atoms with Gasteiger partial charge in [0.2, 0.25) is 11.8 Å². The van der Waals surface area contributed by atoms with Crippen LogP contribution in [0.3, 0.4) is 0 Å². The quantitative estimate of drug-likeness (QED) is 0.835. The second-order valence-corrected chi connectivity index (χ2v) is 7.97. The van der Waals surface area contributed by atoms with E-state index in [4.69, 9.17) is 4.74 Å². The fourth-order valence-electron chi connectivity index (χ4n) is 5.15. The molecule has 1 unspecified atom stereocenters. The molecule has 3 aliphatic rings. The van der Waals surface area contributed by atoms with Crippen LogP contribution in [0.25, 0.3) is 0 Å². The average Bonchev–Trinajstić information content (AvgIpc) is 3.30. The zero-order valence-corrected chi connectivity index (χ0v) is 15.6. The van der Waals surface area contributed by atoms with Gasteiger partial charge in [-0.25, -0.2) is 0 Å². The fraction of sp³-hybridized carbons (Fsp3) is 0.619. The second-order valence-electron chi connectivity index (χ2n) is 7.97. The van der Waals surface area contributed by atoms with Crippen LogP contribution in [0, 0.1) is 0 Å². The minimum atomic E-state index is -0.00877. The lowest BCUT2D eigenvalue weighted by Gasteiger charge is -2.40. The number of ether oxygens (including phenoxy) is 1. The number of fused-ring (bicyclic) bond motifs is 2. The van der Waals surface area contributed by atoms with E-state index in [-0.39, 0.29) is 23.8 Å². The summed E-state index contributed by atoms with van der Waals surface area (Å²) in [7, 11) is 1.56. The third-order valence-corrected chi connectivity index (χ3v) is 6.56. The van der Waals surface area contributed by atoms with Crippen molar-refractivity contribution in [2.75, 3.05) is 39.9 Å². The van der Waals surface area contributed by atoms with Gasteiger partial charge in [-0.3, -0.25) is 9.59 Å². The Balaban J connectivity index is 1.55. The Kier molecular flexibility index (Phi) is 4.74. The van der Waals surface area contributed by atoms with Gasteiger partial charge < -0.3 is 14.5 Å². The van der Waals surface area contributed by atoms with Crippen molar-refractivity contribution in [2.45, 2.75) is 43.4 Å². The topological polar surface area (TPSA) is 49.9 Å². The molecule has 5 heteroatoms. The number of rotatable bonds is 3. The molecule has 2 heterocycles. The van der Waals surface area contributed by atoms with Crippen molar-refractivity contribution >= 4 is 11.8 Å². The van der Waals surface area contributed by atoms with Gasteiger partial charge in [0, 0.05) is 38.7 Å². The van der Waals surface area contributed by atoms with E-state index < -0.39 is 0 Å². The maximum Gasteiger partial charge on any atom is 0.248 e. The molecule has 2 saturated heterocycles. The van der Waals surface area contributed by atoms with Crippen molar-refractivity contribution in [1.29, 1.82) is 0 Å². The van der Waals surface area contributed by atoms with Crippen molar-refractivity contribution in [3.8, 4) is 0 Å². The molecule has 1 aromatic carbocycles. The molecule has 1 spiro atoms. The van der Waals surface area contributed by atoms with Crippen LogP contribution in [0.1, 0.15) is 49.1 Å². The number of benzene rings is 1. The minimum Gasteiger partial charge on any atom is -0.375 e. The van der Waals surface area contributed by atoms with Gasteiger partial charge in [-0.05, 0) is 43.2 Å². The predicted molar refractivity (Wildman–Crippen MR) is 99.0 cm³/mol. The van der Waals surface area contributed by atoms with Gasteiger partial charge in [-0.1, -0.05) is 24.3 Å². The Morgan fingerprint density at radius 3 is 2.46 bits per heavy atom. The highest BCUT2D eigenvalue weighted by atomic mass is 16.5. The Morgan fingerprint density at radius 1 is 1.08 bits per heavy atom. The molecule has 1 aromatic rings. The van der Waals surface area contributed by atoms with Crippen LogP contribution >= 0.6 is 0 Å². The lowest BCUT2D eigenvalue weighted by atomic mass is 9.73. The molecular formula is C21H28N2O3. The summed E-state index contributed by atoms with van der Waals surface area (Å²) in [5, 5.41) is 0. The molecule has 2 aliphatic heterocycles. The van der Waals surface area contributed by atoms with Crippen molar-refractivity contribution in [3.63, 3.8) is 0 Å². The van der Waals surface area contributed by atoms with Gasteiger partial charge >= 0.3 is 0 Å². The molecule has 1 aliphatic carbocycles. The first-order valence-electron chi connectivity index (χ1n) is 9.79. The number of amides is 2. The Labute approximate surface area is 155 Å². The molecule has 0 bridgehead atoms. The van der Waals surface area contributed by atoms with Crippen LogP contribution in [0.2, 0.25) is 0 Å². The highest BCUT2D eigenvalue weighted by Gasteiger charge is 2.48. The predicted octanol–water partition coefficient (Wildman–Crippen LogP) is 2.30. The minimum absolute atomic E-state index is 0.00877. The first-order chi connectivity index (χ1) is 12.6. The maximum absolute atomic E-state index is 13.1. The van der Waals surface area contributed by atoms with Crippen molar-refractivity contribution in [1.82, 2.24) is 9.80 Å². The summed E-state index contributed by atoms with van der Waals surface area (Å²) >= 11 is 0. The number of methoxy groups -OCH3 is 1. The SMILES string of the molecule is COCC(=O)N1CCC2(CC1)CC(C(=O)N1CCCC1)c1ccccc12. The Bertz CT molecular complexity index is 688. The molecule has 2 amide bonds. The summed E-state index contributed by atoms with van der Waals surface area (Å²) in [6.07, 6.45) is 5.02. The van der Waals surface area contributed by atoms with Gasteiger partial charge in [-0.2, -0.15) is 0 Å². The summed E-state index contributed by atoms with van der Waals surface area (Å²) in [6, 6.07) is 8.50. The van der Waals surface area contributed by atoms with E-state index in [1.54, 1.807) is 7.11 Å². The number of nitrogens with zero attached hydrogens (tertiary/aromatic N) is 2. The molecule has 1 atom stereocenters. The summed E-state index contributed by atoms with van der Waals surface area (Å²) in [6.45, 7) is 3.47. The van der Waals surface area contributed by atoms with E-state index in [1.165, 1.54) is 11.1 Å². The van der Waals surface area contributed by atoms with E-state index in [0.717, 1.165) is 58.3 Å². The number of likely N-dealkylation sites (tertiary alicyclic amines) is 2. The zero-order chi connectivity index (χ0) is 18.1. The Hall–Kier alpha value is -1.88. The lowest BCUT2D eigenvalue weighted by Crippen LogP contribution is -2.45. The first-order valence-corrected chi connectivity index (χ1v) is 9.79. The zero-order valence-electron chi connectivity index (χ0n) is 15.6. The Morgan fingerprint density at radius 2 is 1.77 bits per heavy atom. The third-order valence-electron chi connectivity index (χ3n) is 6.56. The smallest absolute Gasteiger partial charge is 0.248 e. The highest BCUT2D eigenvalue weighted by Crippen LogP contribution is 2.52. The van der Waals surface area contributed by atoms with Crippen LogP contribution in [0.4, 0.5) is 0 Å². The van der Waals surface area contributed by atoms with Gasteiger partial charge in [0.25, 0.3) is 0 Å².